The SMILES string of the molecule is CCOc1cc(/C=C(/C#N)C(=O)Nc2ccccc2)ccc1OCc1ccccc1C#N. The Morgan fingerprint density at radius 2 is 1.72 bits per heavy atom. The molecule has 0 unspecified atom stereocenters. The summed E-state index contributed by atoms with van der Waals surface area (Å²) in [5.74, 6) is 0.491. The minimum atomic E-state index is -0.495. The first kappa shape index (κ1) is 22.1. The molecule has 6 heteroatoms. The fraction of sp³-hybridized carbons (Fsp3) is 0.115. The molecule has 3 aromatic carbocycles. The molecule has 0 saturated carbocycles. The smallest absolute Gasteiger partial charge is 0.266 e. The monoisotopic (exact) mass is 423 g/mol. The number of para-hydroxylation sites is 1. The lowest BCUT2D eigenvalue weighted by atomic mass is 10.1. The molecule has 0 saturated heterocycles. The second-order valence-corrected chi connectivity index (χ2v) is 6.69. The zero-order valence-electron chi connectivity index (χ0n) is 17.5. The highest BCUT2D eigenvalue weighted by Crippen LogP contribution is 2.30. The van der Waals surface area contributed by atoms with E-state index in [9.17, 15) is 15.3 Å². The predicted molar refractivity (Wildman–Crippen MR) is 122 cm³/mol. The summed E-state index contributed by atoms with van der Waals surface area (Å²) in [6.45, 7) is 2.48. The van der Waals surface area contributed by atoms with Crippen LogP contribution in [0.5, 0.6) is 11.5 Å². The van der Waals surface area contributed by atoms with Gasteiger partial charge in [0.15, 0.2) is 11.5 Å². The van der Waals surface area contributed by atoms with Crippen LogP contribution in [-0.2, 0) is 11.4 Å². The van der Waals surface area contributed by atoms with E-state index in [1.165, 1.54) is 6.08 Å². The summed E-state index contributed by atoms with van der Waals surface area (Å²) in [4.78, 5) is 12.5. The van der Waals surface area contributed by atoms with Crippen molar-refractivity contribution in [2.24, 2.45) is 0 Å². The van der Waals surface area contributed by atoms with Gasteiger partial charge in [-0.2, -0.15) is 10.5 Å². The van der Waals surface area contributed by atoms with Crippen molar-refractivity contribution in [1.82, 2.24) is 0 Å². The summed E-state index contributed by atoms with van der Waals surface area (Å²) in [5, 5.41) is 21.4. The minimum absolute atomic E-state index is 0.0343. The molecular weight excluding hydrogens is 402 g/mol. The summed E-state index contributed by atoms with van der Waals surface area (Å²) in [6.07, 6.45) is 1.50. The van der Waals surface area contributed by atoms with E-state index in [2.05, 4.69) is 11.4 Å². The molecule has 0 spiro atoms. The first-order valence-corrected chi connectivity index (χ1v) is 10.0. The lowest BCUT2D eigenvalue weighted by molar-refractivity contribution is -0.112. The summed E-state index contributed by atoms with van der Waals surface area (Å²) in [5.41, 5.74) is 2.51. The Morgan fingerprint density at radius 3 is 2.44 bits per heavy atom. The van der Waals surface area contributed by atoms with E-state index in [1.54, 1.807) is 54.6 Å². The van der Waals surface area contributed by atoms with Gasteiger partial charge in [-0.15, -0.1) is 0 Å². The number of hydrogen-bond acceptors (Lipinski definition) is 5. The number of nitriles is 2. The Kier molecular flexibility index (Phi) is 7.62. The molecule has 6 nitrogen and oxygen atoms in total. The highest BCUT2D eigenvalue weighted by atomic mass is 16.5. The van der Waals surface area contributed by atoms with Gasteiger partial charge in [-0.1, -0.05) is 42.5 Å². The number of benzene rings is 3. The third-order valence-corrected chi connectivity index (χ3v) is 4.50. The Bertz CT molecular complexity index is 1200. The Hall–Kier alpha value is -4.55. The molecule has 0 radical (unpaired) electrons. The summed E-state index contributed by atoms with van der Waals surface area (Å²) in [7, 11) is 0. The van der Waals surface area contributed by atoms with Gasteiger partial charge in [0, 0.05) is 11.3 Å². The maximum Gasteiger partial charge on any atom is 0.266 e. The summed E-state index contributed by atoms with van der Waals surface area (Å²) < 4.78 is 11.6. The number of nitrogens with zero attached hydrogens (tertiary/aromatic N) is 2. The molecule has 0 fully saturated rings. The van der Waals surface area contributed by atoms with Crippen LogP contribution in [0, 0.1) is 22.7 Å². The standard InChI is InChI=1S/C26H21N3O3/c1-2-31-25-15-19(14-22(17-28)26(30)29-23-10-4-3-5-11-23)12-13-24(25)32-18-21-9-7-6-8-20(21)16-27/h3-15H,2,18H2,1H3,(H,29,30)/b22-14-. The van der Waals surface area contributed by atoms with Crippen molar-refractivity contribution in [3.8, 4) is 23.6 Å². The van der Waals surface area contributed by atoms with Gasteiger partial charge in [0.25, 0.3) is 5.91 Å². The number of ether oxygens (including phenoxy) is 2. The Labute approximate surface area is 186 Å². The molecule has 158 valence electrons. The predicted octanol–water partition coefficient (Wildman–Crippen LogP) is 5.08. The normalized spacial score (nSPS) is 10.5. The fourth-order valence-corrected chi connectivity index (χ4v) is 2.95. The molecule has 0 aliphatic heterocycles. The first-order chi connectivity index (χ1) is 15.6. The molecule has 0 bridgehead atoms. The molecule has 0 atom stereocenters. The van der Waals surface area contributed by atoms with Gasteiger partial charge < -0.3 is 14.8 Å². The van der Waals surface area contributed by atoms with Crippen LogP contribution in [0.1, 0.15) is 23.6 Å². The number of hydrogen-bond donors (Lipinski definition) is 1. The maximum absolute atomic E-state index is 12.5. The fourth-order valence-electron chi connectivity index (χ4n) is 2.95. The van der Waals surface area contributed by atoms with Gasteiger partial charge in [0.05, 0.1) is 18.2 Å². The minimum Gasteiger partial charge on any atom is -0.490 e. The molecule has 32 heavy (non-hydrogen) atoms. The van der Waals surface area contributed by atoms with Crippen molar-refractivity contribution >= 4 is 17.7 Å². The second kappa shape index (κ2) is 11.0. The van der Waals surface area contributed by atoms with Gasteiger partial charge in [-0.25, -0.2) is 0 Å². The number of carbonyl (C=O) groups excluding carboxylic acids is 1. The lowest BCUT2D eigenvalue weighted by Gasteiger charge is -2.13. The van der Waals surface area contributed by atoms with Crippen molar-refractivity contribution in [2.75, 3.05) is 11.9 Å². The maximum atomic E-state index is 12.5. The average molecular weight is 423 g/mol. The Morgan fingerprint density at radius 1 is 0.969 bits per heavy atom. The third kappa shape index (κ3) is 5.75. The van der Waals surface area contributed by atoms with Crippen LogP contribution in [0.4, 0.5) is 5.69 Å². The molecule has 0 heterocycles. The Balaban J connectivity index is 1.80. The van der Waals surface area contributed by atoms with E-state index in [1.807, 2.05) is 31.2 Å². The van der Waals surface area contributed by atoms with Gasteiger partial charge in [-0.3, -0.25) is 4.79 Å². The molecule has 3 aromatic rings. The molecule has 0 aromatic heterocycles. The van der Waals surface area contributed by atoms with Gasteiger partial charge in [0.2, 0.25) is 0 Å². The topological polar surface area (TPSA) is 95.1 Å². The van der Waals surface area contributed by atoms with Gasteiger partial charge >= 0.3 is 0 Å². The van der Waals surface area contributed by atoms with Crippen LogP contribution >= 0.6 is 0 Å². The van der Waals surface area contributed by atoms with E-state index in [4.69, 9.17) is 9.47 Å². The average Bonchev–Trinajstić information content (AvgIpc) is 2.83. The molecule has 1 N–H and O–H groups in total. The zero-order valence-corrected chi connectivity index (χ0v) is 17.5. The summed E-state index contributed by atoms with van der Waals surface area (Å²) >= 11 is 0. The van der Waals surface area contributed by atoms with Crippen molar-refractivity contribution in [3.63, 3.8) is 0 Å². The highest BCUT2D eigenvalue weighted by molar-refractivity contribution is 6.09. The van der Waals surface area contributed by atoms with Crippen molar-refractivity contribution in [1.29, 1.82) is 10.5 Å². The molecule has 0 aliphatic carbocycles. The number of nitrogens with one attached hydrogen (secondary N) is 1. The number of amides is 1. The van der Waals surface area contributed by atoms with E-state index >= 15 is 0 Å². The lowest BCUT2D eigenvalue weighted by Crippen LogP contribution is -2.13. The van der Waals surface area contributed by atoms with Gasteiger partial charge in [-0.05, 0) is 48.9 Å². The van der Waals surface area contributed by atoms with E-state index in [-0.39, 0.29) is 12.2 Å². The van der Waals surface area contributed by atoms with Crippen LogP contribution < -0.4 is 14.8 Å². The molecule has 3 rings (SSSR count). The summed E-state index contributed by atoms with van der Waals surface area (Å²) in [6, 6.07) is 25.4. The molecule has 1 amide bonds. The van der Waals surface area contributed by atoms with Crippen LogP contribution in [0.25, 0.3) is 6.08 Å². The quantitative estimate of drug-likeness (QED) is 0.403. The van der Waals surface area contributed by atoms with E-state index in [0.29, 0.717) is 34.9 Å². The van der Waals surface area contributed by atoms with Crippen molar-refractivity contribution < 1.29 is 14.3 Å². The zero-order chi connectivity index (χ0) is 22.8. The highest BCUT2D eigenvalue weighted by Gasteiger charge is 2.12. The van der Waals surface area contributed by atoms with E-state index in [0.717, 1.165) is 5.56 Å². The van der Waals surface area contributed by atoms with Gasteiger partial charge in [0.1, 0.15) is 18.2 Å². The molecular formula is C26H21N3O3. The number of rotatable bonds is 8. The molecule has 0 aliphatic rings. The van der Waals surface area contributed by atoms with Crippen LogP contribution in [0.15, 0.2) is 78.4 Å². The number of carbonyl (C=O) groups is 1. The van der Waals surface area contributed by atoms with Crippen LogP contribution in [0.2, 0.25) is 0 Å². The third-order valence-electron chi connectivity index (χ3n) is 4.50. The van der Waals surface area contributed by atoms with Crippen molar-refractivity contribution in [2.45, 2.75) is 13.5 Å². The van der Waals surface area contributed by atoms with Crippen molar-refractivity contribution in [3.05, 3.63) is 95.1 Å². The van der Waals surface area contributed by atoms with Crippen LogP contribution in [-0.4, -0.2) is 12.5 Å². The number of anilines is 1. The largest absolute Gasteiger partial charge is 0.490 e. The second-order valence-electron chi connectivity index (χ2n) is 6.69. The first-order valence-electron chi connectivity index (χ1n) is 10.0. The van der Waals surface area contributed by atoms with Crippen LogP contribution in [0.3, 0.4) is 0 Å². The van der Waals surface area contributed by atoms with E-state index < -0.39 is 5.91 Å².